The quantitative estimate of drug-likeness (QED) is 0.862. The van der Waals surface area contributed by atoms with Crippen LogP contribution < -0.4 is 0 Å². The Morgan fingerprint density at radius 2 is 1.88 bits per heavy atom. The smallest absolute Gasteiger partial charge is 0.0794 e. The number of hydrogen-bond donors (Lipinski definition) is 1. The van der Waals surface area contributed by atoms with Crippen molar-refractivity contribution in [3.8, 4) is 0 Å². The number of thiophene rings is 1. The zero-order valence-electron chi connectivity index (χ0n) is 9.07. The highest BCUT2D eigenvalue weighted by Crippen LogP contribution is 2.26. The Morgan fingerprint density at radius 3 is 2.47 bits per heavy atom. The molecule has 0 radical (unpaired) electrons. The van der Waals surface area contributed by atoms with Crippen LogP contribution in [0.25, 0.3) is 0 Å². The molecule has 1 N–H and O–H groups in total. The molecule has 1 heterocycles. The summed E-state index contributed by atoms with van der Waals surface area (Å²) in [6.45, 7) is 0. The van der Waals surface area contributed by atoms with E-state index in [0.717, 1.165) is 12.0 Å². The van der Waals surface area contributed by atoms with E-state index in [-0.39, 0.29) is 0 Å². The Hall–Kier alpha value is -0.540. The molecule has 1 aromatic heterocycles. The van der Waals surface area contributed by atoms with Crippen LogP contribution in [0.5, 0.6) is 0 Å². The maximum Gasteiger partial charge on any atom is 0.0794 e. The van der Waals surface area contributed by atoms with E-state index in [1.165, 1.54) is 4.88 Å². The van der Waals surface area contributed by atoms with Crippen molar-refractivity contribution in [2.45, 2.75) is 18.9 Å². The summed E-state index contributed by atoms with van der Waals surface area (Å²) in [6.07, 6.45) is 1.02. The zero-order valence-corrected chi connectivity index (χ0v) is 11.4. The molecule has 0 aliphatic heterocycles. The van der Waals surface area contributed by atoms with Gasteiger partial charge in [-0.1, -0.05) is 29.3 Å². The molecule has 1 atom stereocenters. The normalized spacial score (nSPS) is 12.6. The molecule has 17 heavy (non-hydrogen) atoms. The summed E-state index contributed by atoms with van der Waals surface area (Å²) in [5, 5.41) is 13.2. The van der Waals surface area contributed by atoms with E-state index in [0.29, 0.717) is 16.5 Å². The van der Waals surface area contributed by atoms with Crippen LogP contribution >= 0.6 is 34.5 Å². The first-order valence-electron chi connectivity index (χ1n) is 5.31. The van der Waals surface area contributed by atoms with Gasteiger partial charge >= 0.3 is 0 Å². The largest absolute Gasteiger partial charge is 0.388 e. The SMILES string of the molecule is OC(CCc1cccs1)c1cc(Cl)cc(Cl)c1. The fourth-order valence-electron chi connectivity index (χ4n) is 1.67. The van der Waals surface area contributed by atoms with Crippen molar-refractivity contribution in [3.05, 3.63) is 56.2 Å². The molecule has 0 aliphatic rings. The number of aryl methyl sites for hydroxylation is 1. The maximum absolute atomic E-state index is 10.1. The van der Waals surface area contributed by atoms with Crippen LogP contribution in [0.15, 0.2) is 35.7 Å². The molecule has 0 bridgehead atoms. The summed E-state index contributed by atoms with van der Waals surface area (Å²) in [5.74, 6) is 0. The lowest BCUT2D eigenvalue weighted by Gasteiger charge is -2.11. The average molecular weight is 287 g/mol. The van der Waals surface area contributed by atoms with Crippen LogP contribution in [0, 0.1) is 0 Å². The molecule has 1 unspecified atom stereocenters. The van der Waals surface area contributed by atoms with Gasteiger partial charge in [0.1, 0.15) is 0 Å². The minimum Gasteiger partial charge on any atom is -0.388 e. The number of halogens is 2. The lowest BCUT2D eigenvalue weighted by molar-refractivity contribution is 0.168. The van der Waals surface area contributed by atoms with Gasteiger partial charge in [-0.15, -0.1) is 11.3 Å². The molecule has 0 spiro atoms. The first-order valence-corrected chi connectivity index (χ1v) is 6.95. The molecule has 1 nitrogen and oxygen atoms in total. The van der Waals surface area contributed by atoms with Gasteiger partial charge in [0.05, 0.1) is 6.10 Å². The summed E-state index contributed by atoms with van der Waals surface area (Å²) >= 11 is 13.5. The van der Waals surface area contributed by atoms with Gasteiger partial charge in [-0.25, -0.2) is 0 Å². The minimum absolute atomic E-state index is 0.520. The van der Waals surface area contributed by atoms with Crippen molar-refractivity contribution in [1.82, 2.24) is 0 Å². The zero-order chi connectivity index (χ0) is 12.3. The molecule has 0 saturated carbocycles. The van der Waals surface area contributed by atoms with Gasteiger partial charge in [0.25, 0.3) is 0 Å². The number of hydrogen-bond acceptors (Lipinski definition) is 2. The van der Waals surface area contributed by atoms with E-state index < -0.39 is 6.10 Å². The van der Waals surface area contributed by atoms with E-state index in [4.69, 9.17) is 23.2 Å². The van der Waals surface area contributed by atoms with E-state index in [1.807, 2.05) is 11.4 Å². The van der Waals surface area contributed by atoms with Crippen molar-refractivity contribution in [1.29, 1.82) is 0 Å². The lowest BCUT2D eigenvalue weighted by Crippen LogP contribution is -1.99. The highest BCUT2D eigenvalue weighted by atomic mass is 35.5. The van der Waals surface area contributed by atoms with Gasteiger partial charge < -0.3 is 5.11 Å². The standard InChI is InChI=1S/C13H12Cl2OS/c14-10-6-9(7-11(15)8-10)13(16)4-3-12-2-1-5-17-12/h1-2,5-8,13,16H,3-4H2. The van der Waals surface area contributed by atoms with Gasteiger partial charge in [-0.3, -0.25) is 0 Å². The van der Waals surface area contributed by atoms with Crippen LogP contribution in [0.2, 0.25) is 10.0 Å². The van der Waals surface area contributed by atoms with E-state index >= 15 is 0 Å². The van der Waals surface area contributed by atoms with E-state index in [9.17, 15) is 5.11 Å². The van der Waals surface area contributed by atoms with Gasteiger partial charge in [0, 0.05) is 14.9 Å². The van der Waals surface area contributed by atoms with Crippen molar-refractivity contribution in [2.24, 2.45) is 0 Å². The molecule has 0 aliphatic carbocycles. The summed E-state index contributed by atoms with van der Waals surface area (Å²) in [6, 6.07) is 9.27. The summed E-state index contributed by atoms with van der Waals surface area (Å²) in [5.41, 5.74) is 0.777. The van der Waals surface area contributed by atoms with Crippen molar-refractivity contribution >= 4 is 34.5 Å². The second kappa shape index (κ2) is 5.87. The van der Waals surface area contributed by atoms with Crippen molar-refractivity contribution in [3.63, 3.8) is 0 Å². The molecule has 4 heteroatoms. The molecule has 90 valence electrons. The third-order valence-corrected chi connectivity index (χ3v) is 3.89. The van der Waals surface area contributed by atoms with Crippen LogP contribution in [-0.4, -0.2) is 5.11 Å². The van der Waals surface area contributed by atoms with Gasteiger partial charge in [0.2, 0.25) is 0 Å². The third-order valence-electron chi connectivity index (χ3n) is 2.51. The topological polar surface area (TPSA) is 20.2 Å². The third kappa shape index (κ3) is 3.71. The minimum atomic E-state index is -0.520. The first-order chi connectivity index (χ1) is 8.15. The molecule has 0 fully saturated rings. The van der Waals surface area contributed by atoms with Gasteiger partial charge in [-0.2, -0.15) is 0 Å². The Balaban J connectivity index is 2.01. The predicted octanol–water partition coefficient (Wildman–Crippen LogP) is 4.72. The Morgan fingerprint density at radius 1 is 1.18 bits per heavy atom. The molecule has 2 rings (SSSR count). The Bertz CT molecular complexity index is 462. The second-order valence-electron chi connectivity index (χ2n) is 3.84. The summed E-state index contributed by atoms with van der Waals surface area (Å²) in [7, 11) is 0. The van der Waals surface area contributed by atoms with Crippen LogP contribution in [0.4, 0.5) is 0 Å². The summed E-state index contributed by atoms with van der Waals surface area (Å²) in [4.78, 5) is 1.28. The summed E-state index contributed by atoms with van der Waals surface area (Å²) < 4.78 is 0. The molecule has 0 saturated heterocycles. The van der Waals surface area contributed by atoms with Crippen LogP contribution in [0.1, 0.15) is 23.0 Å². The maximum atomic E-state index is 10.1. The monoisotopic (exact) mass is 286 g/mol. The average Bonchev–Trinajstić information content (AvgIpc) is 2.77. The fourth-order valence-corrected chi connectivity index (χ4v) is 2.94. The fraction of sp³-hybridized carbons (Fsp3) is 0.231. The molecule has 1 aromatic carbocycles. The number of aliphatic hydroxyl groups is 1. The lowest BCUT2D eigenvalue weighted by atomic mass is 10.0. The number of aliphatic hydroxyl groups excluding tert-OH is 1. The molecule has 2 aromatic rings. The predicted molar refractivity (Wildman–Crippen MR) is 74.1 cm³/mol. The molecule has 0 amide bonds. The highest BCUT2D eigenvalue weighted by molar-refractivity contribution is 7.09. The number of rotatable bonds is 4. The first kappa shape index (κ1) is 12.9. The van der Waals surface area contributed by atoms with Crippen LogP contribution in [0.3, 0.4) is 0 Å². The van der Waals surface area contributed by atoms with Crippen LogP contribution in [-0.2, 0) is 6.42 Å². The Labute approximate surface area is 115 Å². The van der Waals surface area contributed by atoms with Crippen molar-refractivity contribution < 1.29 is 5.11 Å². The van der Waals surface area contributed by atoms with Gasteiger partial charge in [-0.05, 0) is 48.1 Å². The van der Waals surface area contributed by atoms with Gasteiger partial charge in [0.15, 0.2) is 0 Å². The van der Waals surface area contributed by atoms with E-state index in [1.54, 1.807) is 29.5 Å². The van der Waals surface area contributed by atoms with Crippen molar-refractivity contribution in [2.75, 3.05) is 0 Å². The van der Waals surface area contributed by atoms with E-state index in [2.05, 4.69) is 6.07 Å². The Kier molecular flexibility index (Phi) is 4.46. The molecular weight excluding hydrogens is 275 g/mol. The highest BCUT2D eigenvalue weighted by Gasteiger charge is 2.10. The number of benzene rings is 1. The molecular formula is C13H12Cl2OS. The second-order valence-corrected chi connectivity index (χ2v) is 5.74.